The number of alkyl halides is 3. The van der Waals surface area contributed by atoms with Gasteiger partial charge in [0, 0.05) is 24.5 Å². The molecule has 0 unspecified atom stereocenters. The van der Waals surface area contributed by atoms with Crippen LogP contribution in [0.25, 0.3) is 22.3 Å². The first-order chi connectivity index (χ1) is 17.3. The van der Waals surface area contributed by atoms with Crippen molar-refractivity contribution in [2.45, 2.75) is 69.6 Å². The molecule has 1 aromatic carbocycles. The van der Waals surface area contributed by atoms with Crippen LogP contribution < -0.4 is 0 Å². The number of carbonyl (C=O) groups is 1. The molecule has 0 bridgehead atoms. The zero-order valence-electron chi connectivity index (χ0n) is 20.3. The lowest BCUT2D eigenvalue weighted by atomic mass is 10.1. The number of fused-ring (bicyclic) bond motifs is 1. The van der Waals surface area contributed by atoms with Gasteiger partial charge in [-0.25, -0.2) is 17.1 Å². The Morgan fingerprint density at radius 3 is 2.41 bits per heavy atom. The number of aromatic nitrogens is 2. The van der Waals surface area contributed by atoms with Gasteiger partial charge in [-0.15, -0.1) is 0 Å². The van der Waals surface area contributed by atoms with E-state index in [0.717, 1.165) is 44.9 Å². The highest BCUT2D eigenvalue weighted by molar-refractivity contribution is 7.89. The van der Waals surface area contributed by atoms with Crippen molar-refractivity contribution in [1.29, 1.82) is 5.26 Å². The van der Waals surface area contributed by atoms with E-state index < -0.39 is 38.9 Å². The monoisotopic (exact) mass is 536 g/mol. The maximum Gasteiger partial charge on any atom is 0.409 e. The molecule has 2 heterocycles. The van der Waals surface area contributed by atoms with Crippen LogP contribution >= 0.6 is 0 Å². The van der Waals surface area contributed by atoms with Gasteiger partial charge in [0.05, 0.1) is 22.5 Å². The summed E-state index contributed by atoms with van der Waals surface area (Å²) < 4.78 is 82.0. The van der Waals surface area contributed by atoms with Crippen LogP contribution in [0.15, 0.2) is 35.4 Å². The molecule has 0 N–H and O–H groups in total. The second kappa shape index (κ2) is 9.45. The summed E-state index contributed by atoms with van der Waals surface area (Å²) in [6.45, 7) is 2.94. The number of halogens is 4. The van der Waals surface area contributed by atoms with E-state index in [2.05, 4.69) is 11.1 Å². The van der Waals surface area contributed by atoms with Crippen molar-refractivity contribution in [3.63, 3.8) is 0 Å². The Morgan fingerprint density at radius 2 is 1.89 bits per heavy atom. The van der Waals surface area contributed by atoms with Crippen molar-refractivity contribution in [2.75, 3.05) is 0 Å². The predicted octanol–water partition coefficient (Wildman–Crippen LogP) is 5.63. The number of amides is 1. The quantitative estimate of drug-likeness (QED) is 0.394. The highest BCUT2D eigenvalue weighted by Gasteiger charge is 2.46. The fourth-order valence-electron chi connectivity index (χ4n) is 4.91. The normalized spacial score (nSPS) is 15.6. The van der Waals surface area contributed by atoms with E-state index in [0.29, 0.717) is 29.1 Å². The third kappa shape index (κ3) is 4.56. The molecule has 1 saturated carbocycles. The number of nitrogens with zero attached hydrogens (tertiary/aromatic N) is 4. The fraction of sp³-hybridized carbons (Fsp3) is 0.400. The van der Waals surface area contributed by atoms with Crippen LogP contribution in [0.4, 0.5) is 17.6 Å². The number of nitriles is 1. The molecular formula is C25H24F4N4O3S. The van der Waals surface area contributed by atoms with Crippen LogP contribution in [-0.2, 0) is 14.8 Å². The van der Waals surface area contributed by atoms with Crippen LogP contribution in [0.3, 0.4) is 0 Å². The zero-order valence-corrected chi connectivity index (χ0v) is 21.1. The van der Waals surface area contributed by atoms with Crippen LogP contribution in [0, 0.1) is 24.1 Å². The number of sulfonamides is 1. The molecule has 7 nitrogen and oxygen atoms in total. The van der Waals surface area contributed by atoms with E-state index >= 15 is 0 Å². The molecule has 12 heteroatoms. The third-order valence-electron chi connectivity index (χ3n) is 6.76. The van der Waals surface area contributed by atoms with Crippen molar-refractivity contribution in [3.8, 4) is 17.5 Å². The summed E-state index contributed by atoms with van der Waals surface area (Å²) in [7, 11) is -4.88. The number of rotatable bonds is 5. The first-order valence-corrected chi connectivity index (χ1v) is 13.0. The summed E-state index contributed by atoms with van der Waals surface area (Å²) in [6, 6.07) is 4.84. The Morgan fingerprint density at radius 1 is 1.24 bits per heavy atom. The van der Waals surface area contributed by atoms with Crippen LogP contribution in [-0.4, -0.2) is 40.4 Å². The molecule has 1 aliphatic rings. The van der Waals surface area contributed by atoms with Gasteiger partial charge < -0.3 is 4.57 Å². The summed E-state index contributed by atoms with van der Waals surface area (Å²) in [5.74, 6) is -1.77. The van der Waals surface area contributed by atoms with Gasteiger partial charge in [0.15, 0.2) is 0 Å². The SMILES string of the molecule is CC(=O)N([C@H](C)C(F)(F)F)S(=O)(=O)c1ccc(-c2c(C#N)c3cc(F)c(C)cc3n2C2CCCC2)nc1. The minimum absolute atomic E-state index is 0.00973. The average Bonchev–Trinajstić information content (AvgIpc) is 3.44. The van der Waals surface area contributed by atoms with E-state index in [1.165, 1.54) is 12.1 Å². The Kier molecular flexibility index (Phi) is 6.79. The number of pyridine rings is 1. The van der Waals surface area contributed by atoms with Crippen molar-refractivity contribution in [1.82, 2.24) is 13.9 Å². The predicted molar refractivity (Wildman–Crippen MR) is 127 cm³/mol. The summed E-state index contributed by atoms with van der Waals surface area (Å²) in [6.07, 6.45) is -0.513. The molecule has 2 aromatic heterocycles. The van der Waals surface area contributed by atoms with Crippen molar-refractivity contribution in [2.24, 2.45) is 0 Å². The maximum atomic E-state index is 14.4. The standard InChI is InChI=1S/C25H24F4N4O3S/c1-14-10-23-19(11-21(14)26)20(12-30)24(32(23)17-6-4-5-7-17)22-9-8-18(13-31-22)37(35,36)33(16(3)34)15(2)25(27,28)29/h8-11,13,15,17H,4-7H2,1-3H3/t15-/m1/s1. The van der Waals surface area contributed by atoms with Gasteiger partial charge in [-0.2, -0.15) is 18.4 Å². The van der Waals surface area contributed by atoms with Gasteiger partial charge in [0.25, 0.3) is 10.0 Å². The van der Waals surface area contributed by atoms with Gasteiger partial charge >= 0.3 is 6.18 Å². The lowest BCUT2D eigenvalue weighted by molar-refractivity contribution is -0.173. The summed E-state index contributed by atoms with van der Waals surface area (Å²) in [4.78, 5) is 15.5. The van der Waals surface area contributed by atoms with Gasteiger partial charge in [0.2, 0.25) is 5.91 Å². The van der Waals surface area contributed by atoms with Crippen molar-refractivity contribution in [3.05, 3.63) is 47.4 Å². The molecule has 37 heavy (non-hydrogen) atoms. The third-order valence-corrected chi connectivity index (χ3v) is 8.69. The molecule has 196 valence electrons. The highest BCUT2D eigenvalue weighted by atomic mass is 32.2. The molecule has 0 aliphatic heterocycles. The molecule has 0 spiro atoms. The molecule has 4 rings (SSSR count). The average molecular weight is 537 g/mol. The fourth-order valence-corrected chi connectivity index (χ4v) is 6.44. The molecule has 3 aromatic rings. The molecular weight excluding hydrogens is 512 g/mol. The van der Waals surface area contributed by atoms with Crippen molar-refractivity contribution >= 4 is 26.8 Å². The largest absolute Gasteiger partial charge is 0.409 e. The van der Waals surface area contributed by atoms with E-state index in [-0.39, 0.29) is 21.6 Å². The highest BCUT2D eigenvalue weighted by Crippen LogP contribution is 2.41. The summed E-state index contributed by atoms with van der Waals surface area (Å²) in [5.41, 5.74) is 1.80. The first kappa shape index (κ1) is 26.6. The second-order valence-electron chi connectivity index (χ2n) is 9.18. The summed E-state index contributed by atoms with van der Waals surface area (Å²) >= 11 is 0. The van der Waals surface area contributed by atoms with Crippen molar-refractivity contribution < 1.29 is 30.8 Å². The second-order valence-corrected chi connectivity index (χ2v) is 11.0. The Balaban J connectivity index is 1.88. The minimum atomic E-state index is -4.97. The van der Waals surface area contributed by atoms with Crippen LogP contribution in [0.5, 0.6) is 0 Å². The Labute approximate surface area is 211 Å². The lowest BCUT2D eigenvalue weighted by Crippen LogP contribution is -2.49. The van der Waals surface area contributed by atoms with E-state index in [9.17, 15) is 36.0 Å². The number of aryl methyl sites for hydroxylation is 1. The maximum absolute atomic E-state index is 14.4. The minimum Gasteiger partial charge on any atom is -0.335 e. The molecule has 1 atom stereocenters. The molecule has 1 fully saturated rings. The topological polar surface area (TPSA) is 96.1 Å². The van der Waals surface area contributed by atoms with Crippen LogP contribution in [0.1, 0.15) is 56.7 Å². The van der Waals surface area contributed by atoms with E-state index in [1.54, 1.807) is 13.0 Å². The van der Waals surface area contributed by atoms with E-state index in [4.69, 9.17) is 0 Å². The van der Waals surface area contributed by atoms with E-state index in [1.807, 2.05) is 4.57 Å². The molecule has 0 radical (unpaired) electrons. The van der Waals surface area contributed by atoms with Crippen LogP contribution in [0.2, 0.25) is 0 Å². The van der Waals surface area contributed by atoms with Gasteiger partial charge in [-0.3, -0.25) is 9.78 Å². The van der Waals surface area contributed by atoms with Gasteiger partial charge in [-0.1, -0.05) is 12.8 Å². The zero-order chi connectivity index (χ0) is 27.3. The summed E-state index contributed by atoms with van der Waals surface area (Å²) in [5, 5.41) is 10.4. The lowest BCUT2D eigenvalue weighted by Gasteiger charge is -2.28. The molecule has 0 saturated heterocycles. The Hall–Kier alpha value is -3.46. The number of benzene rings is 1. The van der Waals surface area contributed by atoms with Gasteiger partial charge in [0.1, 0.15) is 22.8 Å². The smallest absolute Gasteiger partial charge is 0.335 e. The number of carbonyl (C=O) groups excluding carboxylic acids is 1. The first-order valence-electron chi connectivity index (χ1n) is 11.6. The Bertz CT molecular complexity index is 1520. The number of hydrogen-bond donors (Lipinski definition) is 0. The van der Waals surface area contributed by atoms with Gasteiger partial charge in [-0.05, 0) is 56.5 Å². The molecule has 1 amide bonds. The number of hydrogen-bond acceptors (Lipinski definition) is 5. The molecule has 1 aliphatic carbocycles.